The zero-order valence-corrected chi connectivity index (χ0v) is 16.1. The van der Waals surface area contributed by atoms with Crippen molar-refractivity contribution < 1.29 is 14.5 Å². The number of amides is 1. The number of nitrogens with one attached hydrogen (secondary N) is 1. The van der Waals surface area contributed by atoms with Crippen LogP contribution in [-0.4, -0.2) is 55.6 Å². The molecule has 0 radical (unpaired) electrons. The molecule has 0 bridgehead atoms. The summed E-state index contributed by atoms with van der Waals surface area (Å²) >= 11 is 0. The van der Waals surface area contributed by atoms with Crippen molar-refractivity contribution in [1.82, 2.24) is 4.90 Å². The maximum Gasteiger partial charge on any atom is 0.311 e. The zero-order valence-electron chi connectivity index (χ0n) is 16.1. The van der Waals surface area contributed by atoms with E-state index in [1.165, 1.54) is 25.3 Å². The lowest BCUT2D eigenvalue weighted by Crippen LogP contribution is -2.46. The van der Waals surface area contributed by atoms with Crippen molar-refractivity contribution >= 4 is 23.0 Å². The van der Waals surface area contributed by atoms with Gasteiger partial charge in [-0.1, -0.05) is 19.1 Å². The average Bonchev–Trinajstić information content (AvgIpc) is 2.73. The van der Waals surface area contributed by atoms with Crippen LogP contribution in [0.2, 0.25) is 0 Å². The Morgan fingerprint density at radius 2 is 1.89 bits per heavy atom. The Balaban J connectivity index is 1.80. The van der Waals surface area contributed by atoms with Gasteiger partial charge in [-0.25, -0.2) is 0 Å². The number of nitrogens with zero attached hydrogens (tertiary/aromatic N) is 3. The highest BCUT2D eigenvalue weighted by Crippen LogP contribution is 2.30. The third-order valence-electron chi connectivity index (χ3n) is 4.95. The fourth-order valence-electron chi connectivity index (χ4n) is 3.33. The molecule has 28 heavy (non-hydrogen) atoms. The van der Waals surface area contributed by atoms with E-state index in [1.54, 1.807) is 0 Å². The molecule has 1 heterocycles. The lowest BCUT2D eigenvalue weighted by molar-refractivity contribution is -0.385. The van der Waals surface area contributed by atoms with E-state index in [0.29, 0.717) is 5.69 Å². The fourth-order valence-corrected chi connectivity index (χ4v) is 3.33. The van der Waals surface area contributed by atoms with Crippen LogP contribution in [-0.2, 0) is 0 Å². The monoisotopic (exact) mass is 384 g/mol. The van der Waals surface area contributed by atoms with Gasteiger partial charge in [-0.05, 0) is 30.8 Å². The number of nitro groups is 1. The minimum atomic E-state index is -0.559. The minimum Gasteiger partial charge on any atom is -0.490 e. The summed E-state index contributed by atoms with van der Waals surface area (Å²) in [6, 6.07) is 11.8. The van der Waals surface area contributed by atoms with Crippen LogP contribution in [0, 0.1) is 10.1 Å². The molecule has 0 unspecified atom stereocenters. The number of anilines is 2. The number of piperazine rings is 1. The molecule has 0 aliphatic carbocycles. The highest BCUT2D eigenvalue weighted by atomic mass is 16.6. The molecule has 2 aromatic rings. The van der Waals surface area contributed by atoms with Gasteiger partial charge in [0.2, 0.25) is 0 Å². The molecule has 8 nitrogen and oxygen atoms in total. The summed E-state index contributed by atoms with van der Waals surface area (Å²) in [4.78, 5) is 28.0. The molecule has 2 aromatic carbocycles. The summed E-state index contributed by atoms with van der Waals surface area (Å²) < 4.78 is 4.99. The molecule has 3 rings (SSSR count). The molecule has 1 fully saturated rings. The molecule has 0 atom stereocenters. The molecule has 1 aliphatic rings. The third-order valence-corrected chi connectivity index (χ3v) is 4.95. The van der Waals surface area contributed by atoms with Crippen LogP contribution >= 0.6 is 0 Å². The molecular weight excluding hydrogens is 360 g/mol. The first-order valence-electron chi connectivity index (χ1n) is 9.23. The molecule has 1 N–H and O–H groups in total. The highest BCUT2D eigenvalue weighted by Gasteiger charge is 2.21. The predicted molar refractivity (Wildman–Crippen MR) is 108 cm³/mol. The summed E-state index contributed by atoms with van der Waals surface area (Å²) in [5, 5.41) is 14.1. The molecule has 1 saturated heterocycles. The van der Waals surface area contributed by atoms with Crippen molar-refractivity contribution in [1.29, 1.82) is 0 Å². The number of rotatable bonds is 6. The zero-order chi connectivity index (χ0) is 20.1. The van der Waals surface area contributed by atoms with Gasteiger partial charge in [0, 0.05) is 37.8 Å². The summed E-state index contributed by atoms with van der Waals surface area (Å²) in [6.45, 7) is 6.90. The highest BCUT2D eigenvalue weighted by molar-refractivity contribution is 6.06. The van der Waals surface area contributed by atoms with E-state index in [1.807, 2.05) is 24.3 Å². The maximum atomic E-state index is 12.7. The molecule has 1 aliphatic heterocycles. The Bertz CT molecular complexity index is 863. The van der Waals surface area contributed by atoms with E-state index in [-0.39, 0.29) is 17.0 Å². The van der Waals surface area contributed by atoms with Gasteiger partial charge in [0.1, 0.15) is 0 Å². The molecule has 0 aromatic heterocycles. The van der Waals surface area contributed by atoms with E-state index in [9.17, 15) is 14.9 Å². The summed E-state index contributed by atoms with van der Waals surface area (Å²) in [7, 11) is 1.36. The van der Waals surface area contributed by atoms with Gasteiger partial charge in [0.15, 0.2) is 5.75 Å². The Kier molecular flexibility index (Phi) is 6.10. The molecule has 0 saturated carbocycles. The standard InChI is InChI=1S/C20H24N4O4/c1-3-22-10-12-23(13-11-22)17-7-5-4-6-16(17)21-20(25)15-8-9-19(28-2)18(14-15)24(26)27/h4-9,14H,3,10-13H2,1-2H3,(H,21,25). The van der Waals surface area contributed by atoms with Crippen molar-refractivity contribution in [3.63, 3.8) is 0 Å². The van der Waals surface area contributed by atoms with Gasteiger partial charge in [-0.2, -0.15) is 0 Å². The Morgan fingerprint density at radius 1 is 1.18 bits per heavy atom. The number of ether oxygens (including phenoxy) is 1. The van der Waals surface area contributed by atoms with Crippen molar-refractivity contribution in [2.45, 2.75) is 6.92 Å². The number of likely N-dealkylation sites (N-methyl/N-ethyl adjacent to an activating group) is 1. The van der Waals surface area contributed by atoms with E-state index in [0.717, 1.165) is 38.4 Å². The third kappa shape index (κ3) is 4.23. The van der Waals surface area contributed by atoms with Crippen molar-refractivity contribution in [2.24, 2.45) is 0 Å². The number of methoxy groups -OCH3 is 1. The second kappa shape index (κ2) is 8.71. The minimum absolute atomic E-state index is 0.121. The number of para-hydroxylation sites is 2. The van der Waals surface area contributed by atoms with Crippen LogP contribution in [0.4, 0.5) is 17.1 Å². The lowest BCUT2D eigenvalue weighted by atomic mass is 10.1. The molecular formula is C20H24N4O4. The normalized spacial score (nSPS) is 14.6. The van der Waals surface area contributed by atoms with Gasteiger partial charge in [0.05, 0.1) is 23.4 Å². The largest absolute Gasteiger partial charge is 0.490 e. The van der Waals surface area contributed by atoms with Crippen LogP contribution in [0.15, 0.2) is 42.5 Å². The van der Waals surface area contributed by atoms with E-state index >= 15 is 0 Å². The number of benzene rings is 2. The van der Waals surface area contributed by atoms with E-state index in [4.69, 9.17) is 4.74 Å². The smallest absolute Gasteiger partial charge is 0.311 e. The fraction of sp³-hybridized carbons (Fsp3) is 0.350. The number of hydrogen-bond acceptors (Lipinski definition) is 6. The Labute approximate surface area is 163 Å². The van der Waals surface area contributed by atoms with E-state index in [2.05, 4.69) is 22.0 Å². The first-order chi connectivity index (χ1) is 13.5. The topological polar surface area (TPSA) is 88.0 Å². The van der Waals surface area contributed by atoms with Gasteiger partial charge in [-0.3, -0.25) is 14.9 Å². The number of carbonyl (C=O) groups excluding carboxylic acids is 1. The summed E-state index contributed by atoms with van der Waals surface area (Å²) in [6.07, 6.45) is 0. The van der Waals surface area contributed by atoms with Crippen molar-refractivity contribution in [3.8, 4) is 5.75 Å². The number of hydrogen-bond donors (Lipinski definition) is 1. The van der Waals surface area contributed by atoms with Crippen LogP contribution in [0.3, 0.4) is 0 Å². The van der Waals surface area contributed by atoms with Crippen molar-refractivity contribution in [2.75, 3.05) is 50.1 Å². The van der Waals surface area contributed by atoms with Crippen LogP contribution in [0.5, 0.6) is 5.75 Å². The van der Waals surface area contributed by atoms with Crippen LogP contribution < -0.4 is 15.0 Å². The number of carbonyl (C=O) groups is 1. The second-order valence-electron chi connectivity index (χ2n) is 6.54. The molecule has 148 valence electrons. The van der Waals surface area contributed by atoms with Gasteiger partial charge in [0.25, 0.3) is 5.91 Å². The summed E-state index contributed by atoms with van der Waals surface area (Å²) in [5.41, 5.74) is 1.61. The quantitative estimate of drug-likeness (QED) is 0.608. The molecule has 8 heteroatoms. The molecule has 1 amide bonds. The molecule has 0 spiro atoms. The first kappa shape index (κ1) is 19.6. The SMILES string of the molecule is CCN1CCN(c2ccccc2NC(=O)c2ccc(OC)c([N+](=O)[O-])c2)CC1. The maximum absolute atomic E-state index is 12.7. The first-order valence-corrected chi connectivity index (χ1v) is 9.23. The predicted octanol–water partition coefficient (Wildman–Crippen LogP) is 3.00. The summed E-state index contributed by atoms with van der Waals surface area (Å²) in [5.74, 6) is -0.277. The van der Waals surface area contributed by atoms with Gasteiger partial charge < -0.3 is 19.9 Å². The van der Waals surface area contributed by atoms with Gasteiger partial charge >= 0.3 is 5.69 Å². The second-order valence-corrected chi connectivity index (χ2v) is 6.54. The van der Waals surface area contributed by atoms with Gasteiger partial charge in [-0.15, -0.1) is 0 Å². The average molecular weight is 384 g/mol. The van der Waals surface area contributed by atoms with Crippen LogP contribution in [0.25, 0.3) is 0 Å². The number of nitro benzene ring substituents is 1. The lowest BCUT2D eigenvalue weighted by Gasteiger charge is -2.36. The Hall–Kier alpha value is -3.13. The van der Waals surface area contributed by atoms with Crippen molar-refractivity contribution in [3.05, 3.63) is 58.1 Å². The van der Waals surface area contributed by atoms with Crippen LogP contribution in [0.1, 0.15) is 17.3 Å². The Morgan fingerprint density at radius 3 is 2.54 bits per heavy atom. The van der Waals surface area contributed by atoms with E-state index < -0.39 is 10.8 Å².